The van der Waals surface area contributed by atoms with E-state index < -0.39 is 39.2 Å². The molecule has 0 unspecified atom stereocenters. The van der Waals surface area contributed by atoms with Crippen molar-refractivity contribution in [1.29, 1.82) is 0 Å². The zero-order chi connectivity index (χ0) is 25.1. The van der Waals surface area contributed by atoms with Crippen LogP contribution in [0.5, 0.6) is 0 Å². The van der Waals surface area contributed by atoms with Gasteiger partial charge < -0.3 is 5.32 Å². The van der Waals surface area contributed by atoms with E-state index in [-0.39, 0.29) is 17.1 Å². The second kappa shape index (κ2) is 10.4. The van der Waals surface area contributed by atoms with E-state index in [4.69, 9.17) is 23.2 Å². The summed E-state index contributed by atoms with van der Waals surface area (Å²) in [6.07, 6.45) is -4.72. The maximum Gasteiger partial charge on any atom is 0.417 e. The summed E-state index contributed by atoms with van der Waals surface area (Å²) in [6, 6.07) is 15.4. The van der Waals surface area contributed by atoms with E-state index in [1.807, 2.05) is 6.92 Å². The van der Waals surface area contributed by atoms with Crippen molar-refractivity contribution in [3.05, 3.63) is 93.5 Å². The fourth-order valence-corrected chi connectivity index (χ4v) is 4.79. The molecule has 3 aromatic rings. The number of carbonyl (C=O) groups is 1. The van der Waals surface area contributed by atoms with Gasteiger partial charge in [-0.3, -0.25) is 4.79 Å². The Hall–Kier alpha value is -2.59. The number of aryl methyl sites for hydroxylation is 1. The molecule has 0 aromatic heterocycles. The van der Waals surface area contributed by atoms with Gasteiger partial charge in [0.05, 0.1) is 22.0 Å². The Kier molecular flexibility index (Phi) is 7.92. The molecule has 180 valence electrons. The normalized spacial score (nSPS) is 12.1. The summed E-state index contributed by atoms with van der Waals surface area (Å²) in [6.45, 7) is 1.11. The molecule has 34 heavy (non-hydrogen) atoms. The number of hydrogen-bond acceptors (Lipinski definition) is 3. The van der Waals surface area contributed by atoms with E-state index in [9.17, 15) is 26.4 Å². The number of alkyl halides is 3. The van der Waals surface area contributed by atoms with E-state index in [1.54, 1.807) is 24.3 Å². The van der Waals surface area contributed by atoms with Gasteiger partial charge in [0.25, 0.3) is 0 Å². The van der Waals surface area contributed by atoms with E-state index in [0.717, 1.165) is 15.9 Å². The molecular weight excluding hydrogens is 512 g/mol. The number of carbonyl (C=O) groups excluding carboxylic acids is 1. The van der Waals surface area contributed by atoms with Gasteiger partial charge in [-0.15, -0.1) is 0 Å². The van der Waals surface area contributed by atoms with Gasteiger partial charge in [0.15, 0.2) is 0 Å². The molecule has 0 bridgehead atoms. The molecule has 0 heterocycles. The van der Waals surface area contributed by atoms with Gasteiger partial charge in [-0.25, -0.2) is 8.42 Å². The molecule has 1 amide bonds. The summed E-state index contributed by atoms with van der Waals surface area (Å²) < 4.78 is 66.9. The Bertz CT molecular complexity index is 1280. The van der Waals surface area contributed by atoms with Crippen molar-refractivity contribution in [2.45, 2.75) is 24.5 Å². The molecule has 0 saturated carbocycles. The molecular formula is C23H19Cl2F3N2O3S. The van der Waals surface area contributed by atoms with Crippen molar-refractivity contribution in [2.75, 3.05) is 11.9 Å². The van der Waals surface area contributed by atoms with Crippen molar-refractivity contribution in [2.24, 2.45) is 0 Å². The lowest BCUT2D eigenvalue weighted by atomic mass is 10.1. The molecule has 0 aliphatic carbocycles. The highest BCUT2D eigenvalue weighted by Gasteiger charge is 2.33. The average molecular weight is 531 g/mol. The third-order valence-electron chi connectivity index (χ3n) is 4.81. The smallest absolute Gasteiger partial charge is 0.325 e. The third kappa shape index (κ3) is 6.50. The molecule has 0 radical (unpaired) electrons. The van der Waals surface area contributed by atoms with Crippen LogP contribution >= 0.6 is 23.2 Å². The number of nitrogens with one attached hydrogen (secondary N) is 1. The molecule has 0 spiro atoms. The Morgan fingerprint density at radius 2 is 1.59 bits per heavy atom. The fraction of sp³-hybridized carbons (Fsp3) is 0.174. The van der Waals surface area contributed by atoms with Crippen molar-refractivity contribution < 1.29 is 26.4 Å². The molecule has 11 heteroatoms. The Morgan fingerprint density at radius 3 is 2.18 bits per heavy atom. The minimum atomic E-state index is -4.72. The van der Waals surface area contributed by atoms with Crippen LogP contribution in [0.2, 0.25) is 10.0 Å². The van der Waals surface area contributed by atoms with Crippen LogP contribution in [0.4, 0.5) is 18.9 Å². The summed E-state index contributed by atoms with van der Waals surface area (Å²) in [4.78, 5) is 12.6. The molecule has 0 aliphatic rings. The Labute approximate surface area is 205 Å². The molecule has 3 aromatic carbocycles. The number of nitrogens with zero attached hydrogens (tertiary/aromatic N) is 1. The first-order valence-corrected chi connectivity index (χ1v) is 12.0. The standard InChI is InChI=1S/C23H19Cl2F3N2O3S/c1-15-2-4-16(5-3-15)13-30(34(32,33)19-9-6-17(24)7-10-19)14-22(31)29-18-8-11-21(25)20(12-18)23(26,27)28/h2-12H,13-14H2,1H3,(H,29,31). The van der Waals surface area contributed by atoms with Gasteiger partial charge in [0, 0.05) is 17.3 Å². The summed E-state index contributed by atoms with van der Waals surface area (Å²) in [5.74, 6) is -0.819. The van der Waals surface area contributed by atoms with E-state index in [1.165, 1.54) is 30.3 Å². The first kappa shape index (κ1) is 26.0. The largest absolute Gasteiger partial charge is 0.417 e. The zero-order valence-corrected chi connectivity index (χ0v) is 20.1. The van der Waals surface area contributed by atoms with Crippen LogP contribution in [0.15, 0.2) is 71.6 Å². The molecule has 0 fully saturated rings. The minimum absolute atomic E-state index is 0.0809. The zero-order valence-electron chi connectivity index (χ0n) is 17.7. The summed E-state index contributed by atoms with van der Waals surface area (Å²) in [7, 11) is -4.14. The molecule has 5 nitrogen and oxygen atoms in total. The predicted octanol–water partition coefficient (Wildman–Crippen LogP) is 6.15. The van der Waals surface area contributed by atoms with Gasteiger partial charge >= 0.3 is 6.18 Å². The first-order chi connectivity index (χ1) is 15.9. The van der Waals surface area contributed by atoms with Crippen LogP contribution in [-0.2, 0) is 27.5 Å². The van der Waals surface area contributed by atoms with Crippen LogP contribution in [0.3, 0.4) is 0 Å². The van der Waals surface area contributed by atoms with Crippen molar-refractivity contribution in [1.82, 2.24) is 4.31 Å². The van der Waals surface area contributed by atoms with Crippen molar-refractivity contribution >= 4 is 44.8 Å². The van der Waals surface area contributed by atoms with Crippen molar-refractivity contribution in [3.63, 3.8) is 0 Å². The lowest BCUT2D eigenvalue weighted by molar-refractivity contribution is -0.137. The Balaban J connectivity index is 1.88. The Morgan fingerprint density at radius 1 is 0.971 bits per heavy atom. The van der Waals surface area contributed by atoms with Gasteiger partial charge in [-0.2, -0.15) is 17.5 Å². The number of benzene rings is 3. The summed E-state index contributed by atoms with van der Waals surface area (Å²) in [5.41, 5.74) is 0.316. The molecule has 0 atom stereocenters. The minimum Gasteiger partial charge on any atom is -0.325 e. The molecule has 3 rings (SSSR count). The molecule has 0 aliphatic heterocycles. The molecule has 1 N–H and O–H groups in total. The van der Waals surface area contributed by atoms with Gasteiger partial charge in [-0.1, -0.05) is 53.0 Å². The maximum absolute atomic E-state index is 13.3. The van der Waals surface area contributed by atoms with Crippen molar-refractivity contribution in [3.8, 4) is 0 Å². The van der Waals surface area contributed by atoms with Crippen LogP contribution < -0.4 is 5.32 Å². The number of anilines is 1. The quantitative estimate of drug-likeness (QED) is 0.398. The van der Waals surface area contributed by atoms with Crippen LogP contribution in [0.25, 0.3) is 0 Å². The monoisotopic (exact) mass is 530 g/mol. The lowest BCUT2D eigenvalue weighted by Gasteiger charge is -2.22. The maximum atomic E-state index is 13.3. The number of sulfonamides is 1. The van der Waals surface area contributed by atoms with Gasteiger partial charge in [0.2, 0.25) is 15.9 Å². The second-order valence-electron chi connectivity index (χ2n) is 7.45. The topological polar surface area (TPSA) is 66.5 Å². The number of amides is 1. The van der Waals surface area contributed by atoms with Crippen LogP contribution in [0.1, 0.15) is 16.7 Å². The summed E-state index contributed by atoms with van der Waals surface area (Å²) >= 11 is 11.5. The van der Waals surface area contributed by atoms with E-state index >= 15 is 0 Å². The van der Waals surface area contributed by atoms with E-state index in [2.05, 4.69) is 5.32 Å². The first-order valence-electron chi connectivity index (χ1n) is 9.84. The van der Waals surface area contributed by atoms with Crippen LogP contribution in [0, 0.1) is 6.92 Å². The van der Waals surface area contributed by atoms with E-state index in [0.29, 0.717) is 16.7 Å². The third-order valence-corrected chi connectivity index (χ3v) is 7.19. The van der Waals surface area contributed by atoms with Crippen LogP contribution in [-0.4, -0.2) is 25.2 Å². The number of halogens is 5. The predicted molar refractivity (Wildman–Crippen MR) is 125 cm³/mol. The van der Waals surface area contributed by atoms with Gasteiger partial charge in [-0.05, 0) is 55.0 Å². The number of rotatable bonds is 7. The SMILES string of the molecule is Cc1ccc(CN(CC(=O)Nc2ccc(Cl)c(C(F)(F)F)c2)S(=O)(=O)c2ccc(Cl)cc2)cc1. The molecule has 0 saturated heterocycles. The highest BCUT2D eigenvalue weighted by Crippen LogP contribution is 2.36. The highest BCUT2D eigenvalue weighted by molar-refractivity contribution is 7.89. The second-order valence-corrected chi connectivity index (χ2v) is 10.2. The summed E-state index contributed by atoms with van der Waals surface area (Å²) in [5, 5.41) is 2.14. The number of hydrogen-bond donors (Lipinski definition) is 1. The fourth-order valence-electron chi connectivity index (χ4n) is 3.06. The van der Waals surface area contributed by atoms with Gasteiger partial charge in [0.1, 0.15) is 0 Å². The highest BCUT2D eigenvalue weighted by atomic mass is 35.5. The average Bonchev–Trinajstić information content (AvgIpc) is 2.75. The lowest BCUT2D eigenvalue weighted by Crippen LogP contribution is -2.37.